The van der Waals surface area contributed by atoms with Crippen LogP contribution in [0, 0.1) is 5.92 Å². The third-order valence-electron chi connectivity index (χ3n) is 3.03. The lowest BCUT2D eigenvalue weighted by Gasteiger charge is -2.15. The van der Waals surface area contributed by atoms with Crippen LogP contribution in [0.1, 0.15) is 24.8 Å². The zero-order valence-electron chi connectivity index (χ0n) is 10.6. The van der Waals surface area contributed by atoms with Crippen LogP contribution in [0.15, 0.2) is 30.3 Å². The SMILES string of the molecule is CC(CN)C(=O)NC(C)c1cc2ccccc2s1. The first-order valence-corrected chi connectivity index (χ1v) is 6.92. The van der Waals surface area contributed by atoms with Gasteiger partial charge in [-0.2, -0.15) is 0 Å². The van der Waals surface area contributed by atoms with E-state index < -0.39 is 0 Å². The van der Waals surface area contributed by atoms with Crippen LogP contribution in [-0.2, 0) is 4.79 Å². The van der Waals surface area contributed by atoms with Gasteiger partial charge in [0, 0.05) is 22.0 Å². The van der Waals surface area contributed by atoms with E-state index in [-0.39, 0.29) is 17.9 Å². The van der Waals surface area contributed by atoms with Crippen molar-refractivity contribution in [2.24, 2.45) is 11.7 Å². The Bertz CT molecular complexity index is 516. The number of fused-ring (bicyclic) bond motifs is 1. The highest BCUT2D eigenvalue weighted by Crippen LogP contribution is 2.29. The van der Waals surface area contributed by atoms with Crippen molar-refractivity contribution in [2.45, 2.75) is 19.9 Å². The third-order valence-corrected chi connectivity index (χ3v) is 4.33. The number of carbonyl (C=O) groups is 1. The molecule has 0 aliphatic carbocycles. The van der Waals surface area contributed by atoms with Gasteiger partial charge in [0.2, 0.25) is 5.91 Å². The molecule has 0 aliphatic rings. The molecule has 0 saturated heterocycles. The van der Waals surface area contributed by atoms with Gasteiger partial charge in [-0.15, -0.1) is 11.3 Å². The van der Waals surface area contributed by atoms with Gasteiger partial charge in [0.15, 0.2) is 0 Å². The Hall–Kier alpha value is -1.39. The molecule has 0 saturated carbocycles. The summed E-state index contributed by atoms with van der Waals surface area (Å²) in [6.07, 6.45) is 0. The van der Waals surface area contributed by atoms with Crippen molar-refractivity contribution >= 4 is 27.3 Å². The highest BCUT2D eigenvalue weighted by molar-refractivity contribution is 7.19. The molecule has 0 bridgehead atoms. The van der Waals surface area contributed by atoms with E-state index in [4.69, 9.17) is 5.73 Å². The molecule has 0 spiro atoms. The van der Waals surface area contributed by atoms with E-state index in [2.05, 4.69) is 23.5 Å². The monoisotopic (exact) mass is 262 g/mol. The topological polar surface area (TPSA) is 55.1 Å². The fraction of sp³-hybridized carbons (Fsp3) is 0.357. The predicted octanol–water partition coefficient (Wildman–Crippen LogP) is 2.67. The minimum atomic E-state index is -0.137. The molecule has 0 fully saturated rings. The molecule has 4 heteroatoms. The molecule has 18 heavy (non-hydrogen) atoms. The van der Waals surface area contributed by atoms with Gasteiger partial charge in [0.05, 0.1) is 6.04 Å². The van der Waals surface area contributed by atoms with Crippen molar-refractivity contribution in [3.05, 3.63) is 35.2 Å². The van der Waals surface area contributed by atoms with Crippen LogP contribution in [0.2, 0.25) is 0 Å². The number of benzene rings is 1. The highest BCUT2D eigenvalue weighted by atomic mass is 32.1. The second-order valence-electron chi connectivity index (χ2n) is 4.55. The van der Waals surface area contributed by atoms with Gasteiger partial charge in [-0.1, -0.05) is 25.1 Å². The van der Waals surface area contributed by atoms with Gasteiger partial charge in [0.25, 0.3) is 0 Å². The molecule has 1 heterocycles. The quantitative estimate of drug-likeness (QED) is 0.890. The van der Waals surface area contributed by atoms with Gasteiger partial charge in [-0.25, -0.2) is 0 Å². The Morgan fingerprint density at radius 2 is 2.11 bits per heavy atom. The van der Waals surface area contributed by atoms with Gasteiger partial charge >= 0.3 is 0 Å². The first-order chi connectivity index (χ1) is 8.61. The molecule has 2 unspecified atom stereocenters. The lowest BCUT2D eigenvalue weighted by molar-refractivity contribution is -0.124. The summed E-state index contributed by atoms with van der Waals surface area (Å²) in [7, 11) is 0. The zero-order valence-corrected chi connectivity index (χ0v) is 11.5. The molecule has 1 amide bonds. The Kier molecular flexibility index (Phi) is 3.99. The van der Waals surface area contributed by atoms with E-state index in [9.17, 15) is 4.79 Å². The number of thiophene rings is 1. The summed E-state index contributed by atoms with van der Waals surface area (Å²) < 4.78 is 1.25. The van der Waals surface area contributed by atoms with Gasteiger partial charge in [0.1, 0.15) is 0 Å². The number of rotatable bonds is 4. The summed E-state index contributed by atoms with van der Waals surface area (Å²) in [5, 5.41) is 4.23. The Morgan fingerprint density at radius 1 is 1.39 bits per heavy atom. The summed E-state index contributed by atoms with van der Waals surface area (Å²) in [5.74, 6) is -0.121. The average molecular weight is 262 g/mol. The van der Waals surface area contributed by atoms with Crippen LogP contribution >= 0.6 is 11.3 Å². The largest absolute Gasteiger partial charge is 0.348 e. The van der Waals surface area contributed by atoms with E-state index in [1.165, 1.54) is 15.0 Å². The lowest BCUT2D eigenvalue weighted by Crippen LogP contribution is -2.34. The molecule has 1 aromatic heterocycles. The summed E-state index contributed by atoms with van der Waals surface area (Å²) in [4.78, 5) is 13.0. The summed E-state index contributed by atoms with van der Waals surface area (Å²) in [6.45, 7) is 4.23. The number of amides is 1. The predicted molar refractivity (Wildman–Crippen MR) is 76.6 cm³/mol. The van der Waals surface area contributed by atoms with Gasteiger partial charge < -0.3 is 11.1 Å². The normalized spacial score (nSPS) is 14.4. The molecule has 2 atom stereocenters. The number of hydrogen-bond acceptors (Lipinski definition) is 3. The maximum absolute atomic E-state index is 11.8. The van der Waals surface area contributed by atoms with Crippen LogP contribution in [0.5, 0.6) is 0 Å². The molecule has 96 valence electrons. The van der Waals surface area contributed by atoms with E-state index in [0.29, 0.717) is 6.54 Å². The zero-order chi connectivity index (χ0) is 13.1. The van der Waals surface area contributed by atoms with E-state index in [1.54, 1.807) is 11.3 Å². The molecular formula is C14H18N2OS. The standard InChI is InChI=1S/C14H18N2OS/c1-9(8-15)14(17)16-10(2)13-7-11-5-3-4-6-12(11)18-13/h3-7,9-10H,8,15H2,1-2H3,(H,16,17). The lowest BCUT2D eigenvalue weighted by atomic mass is 10.1. The van der Waals surface area contributed by atoms with Crippen LogP contribution in [-0.4, -0.2) is 12.5 Å². The highest BCUT2D eigenvalue weighted by Gasteiger charge is 2.16. The molecule has 3 nitrogen and oxygen atoms in total. The van der Waals surface area contributed by atoms with Crippen LogP contribution < -0.4 is 11.1 Å². The first-order valence-electron chi connectivity index (χ1n) is 6.10. The number of nitrogens with one attached hydrogen (secondary N) is 1. The number of carbonyl (C=O) groups excluding carboxylic acids is 1. The molecule has 2 rings (SSSR count). The van der Waals surface area contributed by atoms with Crippen LogP contribution in [0.3, 0.4) is 0 Å². The average Bonchev–Trinajstić information content (AvgIpc) is 2.81. The van der Waals surface area contributed by atoms with Gasteiger partial charge in [-0.3, -0.25) is 4.79 Å². The molecule has 1 aromatic carbocycles. The minimum absolute atomic E-state index is 0.0162. The molecule has 0 radical (unpaired) electrons. The Morgan fingerprint density at radius 3 is 2.78 bits per heavy atom. The number of nitrogens with two attached hydrogens (primary N) is 1. The first kappa shape index (κ1) is 13.1. The van der Waals surface area contributed by atoms with E-state index in [1.807, 2.05) is 26.0 Å². The van der Waals surface area contributed by atoms with Crippen molar-refractivity contribution in [1.29, 1.82) is 0 Å². The fourth-order valence-electron chi connectivity index (χ4n) is 1.75. The summed E-state index contributed by atoms with van der Waals surface area (Å²) in [6, 6.07) is 10.4. The van der Waals surface area contributed by atoms with E-state index in [0.717, 1.165) is 0 Å². The van der Waals surface area contributed by atoms with E-state index >= 15 is 0 Å². The summed E-state index contributed by atoms with van der Waals surface area (Å²) >= 11 is 1.72. The Labute approximate surface area is 111 Å². The fourth-order valence-corrected chi connectivity index (χ4v) is 2.82. The van der Waals surface area contributed by atoms with Crippen molar-refractivity contribution in [1.82, 2.24) is 5.32 Å². The van der Waals surface area contributed by atoms with Crippen LogP contribution in [0.25, 0.3) is 10.1 Å². The number of hydrogen-bond donors (Lipinski definition) is 2. The smallest absolute Gasteiger partial charge is 0.224 e. The third kappa shape index (κ3) is 2.71. The molecule has 3 N–H and O–H groups in total. The van der Waals surface area contributed by atoms with Crippen LogP contribution in [0.4, 0.5) is 0 Å². The van der Waals surface area contributed by atoms with Crippen molar-refractivity contribution in [2.75, 3.05) is 6.54 Å². The molecule has 0 aliphatic heterocycles. The van der Waals surface area contributed by atoms with Gasteiger partial charge in [-0.05, 0) is 24.4 Å². The minimum Gasteiger partial charge on any atom is -0.348 e. The summed E-state index contributed by atoms with van der Waals surface area (Å²) in [5.41, 5.74) is 5.49. The second kappa shape index (κ2) is 5.50. The molecular weight excluding hydrogens is 244 g/mol. The Balaban J connectivity index is 2.13. The maximum Gasteiger partial charge on any atom is 0.224 e. The van der Waals surface area contributed by atoms with Crippen molar-refractivity contribution in [3.63, 3.8) is 0 Å². The van der Waals surface area contributed by atoms with Crippen molar-refractivity contribution in [3.8, 4) is 0 Å². The second-order valence-corrected chi connectivity index (χ2v) is 5.67. The molecule has 2 aromatic rings. The maximum atomic E-state index is 11.8. The van der Waals surface area contributed by atoms with Crippen molar-refractivity contribution < 1.29 is 4.79 Å².